The van der Waals surface area contributed by atoms with Crippen molar-refractivity contribution in [1.82, 2.24) is 15.1 Å². The van der Waals surface area contributed by atoms with Gasteiger partial charge in [0.25, 0.3) is 0 Å². The van der Waals surface area contributed by atoms with Crippen molar-refractivity contribution >= 4 is 55.5 Å². The van der Waals surface area contributed by atoms with Gasteiger partial charge in [-0.1, -0.05) is 6.92 Å². The molecule has 0 bridgehead atoms. The fraction of sp³-hybridized carbons (Fsp3) is 0.619. The number of methoxy groups -OCH3 is 1. The maximum absolute atomic E-state index is 12.4. The largest absolute Gasteiger partial charge is 0.444 e. The zero-order chi connectivity index (χ0) is 21.4. The van der Waals surface area contributed by atoms with Gasteiger partial charge in [0, 0.05) is 35.1 Å². The summed E-state index contributed by atoms with van der Waals surface area (Å²) in [6.07, 6.45) is 2.47. The molecule has 8 heteroatoms. The zero-order valence-corrected chi connectivity index (χ0v) is 21.4. The Kier molecular flexibility index (Phi) is 6.85. The van der Waals surface area contributed by atoms with E-state index in [0.29, 0.717) is 6.61 Å². The van der Waals surface area contributed by atoms with Crippen LogP contribution >= 0.6 is 38.5 Å². The second kappa shape index (κ2) is 8.70. The number of carbonyl (C=O) groups excluding carboxylic acids is 1. The lowest BCUT2D eigenvalue weighted by Gasteiger charge is -2.28. The zero-order valence-electron chi connectivity index (χ0n) is 17.6. The SMILES string of the molecule is COCCCn1nc(Br)c2c(I)cc(C(C)C3(NC(=O)OC(C)(C)C)CC3)cc21. The summed E-state index contributed by atoms with van der Waals surface area (Å²) in [6.45, 7) is 9.33. The van der Waals surface area contributed by atoms with Crippen molar-refractivity contribution in [2.75, 3.05) is 13.7 Å². The third kappa shape index (κ3) is 5.25. The number of halogens is 2. The first kappa shape index (κ1) is 22.8. The van der Waals surface area contributed by atoms with E-state index in [1.807, 2.05) is 25.5 Å². The molecule has 1 N–H and O–H groups in total. The lowest BCUT2D eigenvalue weighted by molar-refractivity contribution is 0.0488. The molecule has 1 aromatic carbocycles. The molecule has 1 aliphatic rings. The molecule has 1 atom stereocenters. The maximum atomic E-state index is 12.4. The monoisotopic (exact) mass is 577 g/mol. The van der Waals surface area contributed by atoms with Crippen molar-refractivity contribution in [3.63, 3.8) is 0 Å². The van der Waals surface area contributed by atoms with Gasteiger partial charge in [0.2, 0.25) is 0 Å². The van der Waals surface area contributed by atoms with E-state index in [1.165, 1.54) is 5.56 Å². The average molecular weight is 578 g/mol. The van der Waals surface area contributed by atoms with Crippen molar-refractivity contribution < 1.29 is 14.3 Å². The smallest absolute Gasteiger partial charge is 0.408 e. The molecule has 29 heavy (non-hydrogen) atoms. The number of hydrogen-bond acceptors (Lipinski definition) is 4. The highest BCUT2D eigenvalue weighted by Gasteiger charge is 2.50. The molecule has 0 saturated heterocycles. The number of aromatic nitrogens is 2. The van der Waals surface area contributed by atoms with Crippen LogP contribution in [-0.2, 0) is 16.0 Å². The highest BCUT2D eigenvalue weighted by molar-refractivity contribution is 14.1. The number of ether oxygens (including phenoxy) is 2. The van der Waals surface area contributed by atoms with Gasteiger partial charge in [-0.25, -0.2) is 4.79 Å². The third-order valence-electron chi connectivity index (χ3n) is 5.37. The molecule has 1 saturated carbocycles. The van der Waals surface area contributed by atoms with E-state index in [0.717, 1.165) is 44.9 Å². The van der Waals surface area contributed by atoms with E-state index in [2.05, 4.69) is 68.0 Å². The molecule has 1 aliphatic carbocycles. The van der Waals surface area contributed by atoms with Gasteiger partial charge in [0.15, 0.2) is 0 Å². The van der Waals surface area contributed by atoms with Gasteiger partial charge in [-0.05, 0) is 96.3 Å². The van der Waals surface area contributed by atoms with Crippen LogP contribution < -0.4 is 5.32 Å². The Hall–Kier alpha value is -0.870. The molecule has 1 heterocycles. The minimum atomic E-state index is -0.501. The number of fused-ring (bicyclic) bond motifs is 1. The van der Waals surface area contributed by atoms with Crippen LogP contribution in [0.1, 0.15) is 58.4 Å². The van der Waals surface area contributed by atoms with Gasteiger partial charge in [0.05, 0.1) is 11.1 Å². The van der Waals surface area contributed by atoms with E-state index in [9.17, 15) is 4.79 Å². The van der Waals surface area contributed by atoms with E-state index >= 15 is 0 Å². The molecule has 1 amide bonds. The Balaban J connectivity index is 1.87. The second-order valence-corrected chi connectivity index (χ2v) is 10.7. The summed E-state index contributed by atoms with van der Waals surface area (Å²) in [6, 6.07) is 4.42. The van der Waals surface area contributed by atoms with Gasteiger partial charge in [-0.3, -0.25) is 4.68 Å². The van der Waals surface area contributed by atoms with Crippen molar-refractivity contribution in [3.8, 4) is 0 Å². The number of amides is 1. The lowest BCUT2D eigenvalue weighted by Crippen LogP contribution is -2.43. The number of nitrogens with zero attached hydrogens (tertiary/aromatic N) is 2. The molecule has 0 spiro atoms. The Morgan fingerprint density at radius 1 is 1.41 bits per heavy atom. The molecule has 2 aromatic rings. The van der Waals surface area contributed by atoms with Crippen molar-refractivity contribution in [2.24, 2.45) is 0 Å². The van der Waals surface area contributed by atoms with Crippen molar-refractivity contribution in [1.29, 1.82) is 0 Å². The van der Waals surface area contributed by atoms with Gasteiger partial charge < -0.3 is 14.8 Å². The summed E-state index contributed by atoms with van der Waals surface area (Å²) in [4.78, 5) is 12.4. The van der Waals surface area contributed by atoms with Gasteiger partial charge in [0.1, 0.15) is 10.2 Å². The number of alkyl carbamates (subject to hydrolysis) is 1. The van der Waals surface area contributed by atoms with E-state index in [-0.39, 0.29) is 17.6 Å². The first-order valence-corrected chi connectivity index (χ1v) is 11.8. The fourth-order valence-corrected chi connectivity index (χ4v) is 5.51. The topological polar surface area (TPSA) is 65.4 Å². The number of nitrogens with one attached hydrogen (secondary N) is 1. The Morgan fingerprint density at radius 2 is 2.10 bits per heavy atom. The summed E-state index contributed by atoms with van der Waals surface area (Å²) < 4.78 is 14.7. The Bertz CT molecular complexity index is 903. The van der Waals surface area contributed by atoms with Crippen LogP contribution in [0.4, 0.5) is 4.79 Å². The molecular formula is C21H29BrIN3O3. The molecule has 6 nitrogen and oxygen atoms in total. The Labute approximate surface area is 194 Å². The van der Waals surface area contributed by atoms with E-state index < -0.39 is 5.60 Å². The van der Waals surface area contributed by atoms with Crippen LogP contribution in [0.25, 0.3) is 10.9 Å². The van der Waals surface area contributed by atoms with Crippen LogP contribution in [0.15, 0.2) is 16.7 Å². The molecule has 3 rings (SSSR count). The molecule has 1 unspecified atom stereocenters. The Morgan fingerprint density at radius 3 is 2.69 bits per heavy atom. The highest BCUT2D eigenvalue weighted by atomic mass is 127. The normalized spacial score (nSPS) is 16.7. The van der Waals surface area contributed by atoms with Crippen molar-refractivity contribution in [2.45, 2.75) is 70.6 Å². The number of carbonyl (C=O) groups is 1. The molecule has 1 aromatic heterocycles. The van der Waals surface area contributed by atoms with Gasteiger partial charge >= 0.3 is 6.09 Å². The molecule has 1 fully saturated rings. The van der Waals surface area contributed by atoms with Crippen LogP contribution in [0.3, 0.4) is 0 Å². The van der Waals surface area contributed by atoms with Crippen LogP contribution in [0, 0.1) is 3.57 Å². The summed E-state index contributed by atoms with van der Waals surface area (Å²) in [5, 5.41) is 8.94. The van der Waals surface area contributed by atoms with Crippen molar-refractivity contribution in [3.05, 3.63) is 25.9 Å². The number of hydrogen-bond donors (Lipinski definition) is 1. The first-order valence-electron chi connectivity index (χ1n) is 9.92. The number of benzene rings is 1. The minimum absolute atomic E-state index is 0.175. The van der Waals surface area contributed by atoms with Crippen LogP contribution in [-0.4, -0.2) is 40.7 Å². The molecular weight excluding hydrogens is 549 g/mol. The molecule has 160 valence electrons. The predicted molar refractivity (Wildman–Crippen MR) is 126 cm³/mol. The highest BCUT2D eigenvalue weighted by Crippen LogP contribution is 2.48. The molecule has 0 radical (unpaired) electrons. The minimum Gasteiger partial charge on any atom is -0.444 e. The van der Waals surface area contributed by atoms with Crippen LogP contribution in [0.5, 0.6) is 0 Å². The predicted octanol–water partition coefficient (Wildman–Crippen LogP) is 5.60. The van der Waals surface area contributed by atoms with Gasteiger partial charge in [-0.15, -0.1) is 0 Å². The lowest BCUT2D eigenvalue weighted by atomic mass is 9.90. The number of aryl methyl sites for hydroxylation is 1. The standard InChI is InChI=1S/C21H29BrIN3O3/c1-13(21(7-8-21)24-19(27)29-20(2,3)4)14-11-15(23)17-16(12-14)26(25-18(17)22)9-6-10-28-5/h11-13H,6-10H2,1-5H3,(H,24,27). The fourth-order valence-electron chi connectivity index (χ4n) is 3.64. The molecule has 0 aliphatic heterocycles. The van der Waals surface area contributed by atoms with E-state index in [4.69, 9.17) is 9.47 Å². The summed E-state index contributed by atoms with van der Waals surface area (Å²) >= 11 is 5.98. The number of rotatable bonds is 7. The summed E-state index contributed by atoms with van der Waals surface area (Å²) in [5.41, 5.74) is 1.57. The van der Waals surface area contributed by atoms with Crippen LogP contribution in [0.2, 0.25) is 0 Å². The van der Waals surface area contributed by atoms with Gasteiger partial charge in [-0.2, -0.15) is 5.10 Å². The third-order valence-corrected chi connectivity index (χ3v) is 6.78. The quantitative estimate of drug-likeness (QED) is 0.344. The second-order valence-electron chi connectivity index (χ2n) is 8.76. The average Bonchev–Trinajstić information content (AvgIpc) is 3.30. The summed E-state index contributed by atoms with van der Waals surface area (Å²) in [7, 11) is 1.71. The first-order chi connectivity index (χ1) is 13.6. The maximum Gasteiger partial charge on any atom is 0.408 e. The van der Waals surface area contributed by atoms with E-state index in [1.54, 1.807) is 7.11 Å². The summed E-state index contributed by atoms with van der Waals surface area (Å²) in [5.74, 6) is 0.175.